The highest BCUT2D eigenvalue weighted by molar-refractivity contribution is 9.10. The number of carbonyl (C=O) groups excluding carboxylic acids is 1. The van der Waals surface area contributed by atoms with E-state index < -0.39 is 6.04 Å². The van der Waals surface area contributed by atoms with Crippen LogP contribution in [-0.2, 0) is 6.54 Å². The molecule has 5 rings (SSSR count). The van der Waals surface area contributed by atoms with Crippen molar-refractivity contribution in [2.75, 3.05) is 0 Å². The maximum Gasteiger partial charge on any atom is 0.291 e. The predicted octanol–water partition coefficient (Wildman–Crippen LogP) is 4.89. The van der Waals surface area contributed by atoms with E-state index in [9.17, 15) is 9.59 Å². The van der Waals surface area contributed by atoms with Crippen LogP contribution in [0, 0.1) is 0 Å². The molecule has 1 atom stereocenters. The van der Waals surface area contributed by atoms with Crippen molar-refractivity contribution < 1.29 is 13.6 Å². The molecule has 0 radical (unpaired) electrons. The van der Waals surface area contributed by atoms with E-state index in [4.69, 9.17) is 8.83 Å². The minimum absolute atomic E-state index is 0.0974. The van der Waals surface area contributed by atoms with Gasteiger partial charge in [-0.15, -0.1) is 0 Å². The van der Waals surface area contributed by atoms with E-state index >= 15 is 0 Å². The normalized spacial score (nSPS) is 16.0. The number of fused-ring (bicyclic) bond motifs is 2. The SMILES string of the molecule is O=C1c2oc3ccc(Br)cc3c(=O)c2C(c2ccccc2)N1Cc1ccco1. The number of rotatable bonds is 3. The fourth-order valence-electron chi connectivity index (χ4n) is 3.71. The Morgan fingerprint density at radius 2 is 1.82 bits per heavy atom. The molecule has 138 valence electrons. The minimum Gasteiger partial charge on any atom is -0.467 e. The van der Waals surface area contributed by atoms with E-state index in [1.165, 1.54) is 0 Å². The summed E-state index contributed by atoms with van der Waals surface area (Å²) >= 11 is 3.40. The Labute approximate surface area is 168 Å². The molecule has 6 heteroatoms. The van der Waals surface area contributed by atoms with Gasteiger partial charge in [0.1, 0.15) is 11.3 Å². The van der Waals surface area contributed by atoms with Crippen LogP contribution >= 0.6 is 15.9 Å². The number of carbonyl (C=O) groups is 1. The first-order valence-electron chi connectivity index (χ1n) is 8.78. The molecule has 3 heterocycles. The summed E-state index contributed by atoms with van der Waals surface area (Å²) in [5.41, 5.74) is 1.42. The molecule has 1 aliphatic heterocycles. The molecule has 5 nitrogen and oxygen atoms in total. The number of hydrogen-bond acceptors (Lipinski definition) is 4. The Kier molecular flexibility index (Phi) is 3.94. The average Bonchev–Trinajstić information content (AvgIpc) is 3.31. The predicted molar refractivity (Wildman–Crippen MR) is 107 cm³/mol. The van der Waals surface area contributed by atoms with Crippen molar-refractivity contribution in [2.45, 2.75) is 12.6 Å². The van der Waals surface area contributed by atoms with Crippen LogP contribution in [0.2, 0.25) is 0 Å². The summed E-state index contributed by atoms with van der Waals surface area (Å²) < 4.78 is 12.1. The van der Waals surface area contributed by atoms with Gasteiger partial charge in [-0.2, -0.15) is 0 Å². The lowest BCUT2D eigenvalue weighted by Crippen LogP contribution is -2.29. The van der Waals surface area contributed by atoms with Crippen LogP contribution in [-0.4, -0.2) is 10.8 Å². The van der Waals surface area contributed by atoms with Crippen LogP contribution in [0.4, 0.5) is 0 Å². The molecule has 0 spiro atoms. The van der Waals surface area contributed by atoms with E-state index in [2.05, 4.69) is 15.9 Å². The summed E-state index contributed by atoms with van der Waals surface area (Å²) in [5.74, 6) is 0.421. The zero-order valence-electron chi connectivity index (χ0n) is 14.6. The molecule has 28 heavy (non-hydrogen) atoms. The second kappa shape index (κ2) is 6.49. The number of furan rings is 1. The molecule has 0 aliphatic carbocycles. The van der Waals surface area contributed by atoms with Crippen LogP contribution in [0.15, 0.2) is 85.0 Å². The number of hydrogen-bond donors (Lipinski definition) is 0. The number of halogens is 1. The van der Waals surface area contributed by atoms with Crippen LogP contribution < -0.4 is 5.43 Å². The van der Waals surface area contributed by atoms with Crippen molar-refractivity contribution in [1.29, 1.82) is 0 Å². The smallest absolute Gasteiger partial charge is 0.291 e. The maximum absolute atomic E-state index is 13.4. The molecule has 1 amide bonds. The number of nitrogens with zero attached hydrogens (tertiary/aromatic N) is 1. The van der Waals surface area contributed by atoms with Crippen molar-refractivity contribution in [2.24, 2.45) is 0 Å². The second-order valence-electron chi connectivity index (χ2n) is 6.64. The Morgan fingerprint density at radius 3 is 2.57 bits per heavy atom. The van der Waals surface area contributed by atoms with Crippen LogP contribution in [0.5, 0.6) is 0 Å². The zero-order valence-corrected chi connectivity index (χ0v) is 16.2. The fraction of sp³-hybridized carbons (Fsp3) is 0.0909. The van der Waals surface area contributed by atoms with E-state index in [1.807, 2.05) is 30.3 Å². The van der Waals surface area contributed by atoms with Gasteiger partial charge in [0.05, 0.1) is 29.8 Å². The summed E-state index contributed by atoms with van der Waals surface area (Å²) in [4.78, 5) is 28.2. The van der Waals surface area contributed by atoms with Crippen LogP contribution in [0.25, 0.3) is 11.0 Å². The third-order valence-corrected chi connectivity index (χ3v) is 5.44. The molecular formula is C22H14BrNO4. The highest BCUT2D eigenvalue weighted by atomic mass is 79.9. The lowest BCUT2D eigenvalue weighted by molar-refractivity contribution is 0.0701. The topological polar surface area (TPSA) is 63.7 Å². The Bertz CT molecular complexity index is 1250. The Balaban J connectivity index is 1.76. The van der Waals surface area contributed by atoms with Crippen molar-refractivity contribution in [1.82, 2.24) is 4.90 Å². The number of amides is 1. The van der Waals surface area contributed by atoms with Crippen molar-refractivity contribution >= 4 is 32.8 Å². The van der Waals surface area contributed by atoms with Crippen molar-refractivity contribution in [3.8, 4) is 0 Å². The molecule has 2 aromatic carbocycles. The first-order valence-corrected chi connectivity index (χ1v) is 9.57. The summed E-state index contributed by atoms with van der Waals surface area (Å²) in [6.07, 6.45) is 1.57. The van der Waals surface area contributed by atoms with Gasteiger partial charge in [-0.25, -0.2) is 0 Å². The van der Waals surface area contributed by atoms with Crippen molar-refractivity contribution in [3.63, 3.8) is 0 Å². The Hall–Kier alpha value is -3.12. The van der Waals surface area contributed by atoms with Gasteiger partial charge in [0.15, 0.2) is 5.43 Å². The molecule has 1 aliphatic rings. The summed E-state index contributed by atoms with van der Waals surface area (Å²) in [7, 11) is 0. The van der Waals surface area contributed by atoms with Gasteiger partial charge in [0.2, 0.25) is 5.76 Å². The molecule has 0 saturated heterocycles. The second-order valence-corrected chi connectivity index (χ2v) is 7.56. The molecule has 0 fully saturated rings. The summed E-state index contributed by atoms with van der Waals surface area (Å²) in [6.45, 7) is 0.245. The molecule has 1 unspecified atom stereocenters. The van der Waals surface area contributed by atoms with Crippen molar-refractivity contribution in [3.05, 3.63) is 104 Å². The molecular weight excluding hydrogens is 422 g/mol. The third-order valence-electron chi connectivity index (χ3n) is 4.95. The zero-order chi connectivity index (χ0) is 19.3. The van der Waals surface area contributed by atoms with Gasteiger partial charge >= 0.3 is 0 Å². The summed E-state index contributed by atoms with van der Waals surface area (Å²) in [5, 5.41) is 0.446. The highest BCUT2D eigenvalue weighted by Gasteiger charge is 2.43. The van der Waals surface area contributed by atoms with E-state index in [0.29, 0.717) is 22.3 Å². The third kappa shape index (κ3) is 2.60. The van der Waals surface area contributed by atoms with Gasteiger partial charge in [0, 0.05) is 4.47 Å². The molecule has 2 aromatic heterocycles. The fourth-order valence-corrected chi connectivity index (χ4v) is 4.07. The highest BCUT2D eigenvalue weighted by Crippen LogP contribution is 2.39. The lowest BCUT2D eigenvalue weighted by Gasteiger charge is -2.24. The van der Waals surface area contributed by atoms with Gasteiger partial charge < -0.3 is 13.7 Å². The molecule has 0 bridgehead atoms. The van der Waals surface area contributed by atoms with Crippen LogP contribution in [0.3, 0.4) is 0 Å². The maximum atomic E-state index is 13.4. The monoisotopic (exact) mass is 435 g/mol. The largest absolute Gasteiger partial charge is 0.467 e. The summed E-state index contributed by atoms with van der Waals surface area (Å²) in [6, 6.07) is 17.8. The van der Waals surface area contributed by atoms with E-state index in [-0.39, 0.29) is 23.6 Å². The van der Waals surface area contributed by atoms with Gasteiger partial charge in [-0.3, -0.25) is 9.59 Å². The van der Waals surface area contributed by atoms with Gasteiger partial charge in [-0.1, -0.05) is 46.3 Å². The first kappa shape index (κ1) is 17.0. The van der Waals surface area contributed by atoms with Crippen LogP contribution in [0.1, 0.15) is 33.5 Å². The quantitative estimate of drug-likeness (QED) is 0.459. The van der Waals surface area contributed by atoms with E-state index in [0.717, 1.165) is 10.0 Å². The first-order chi connectivity index (χ1) is 13.6. The number of benzene rings is 2. The van der Waals surface area contributed by atoms with E-state index in [1.54, 1.807) is 41.5 Å². The molecule has 0 saturated carbocycles. The molecule has 4 aromatic rings. The Morgan fingerprint density at radius 1 is 1.00 bits per heavy atom. The lowest BCUT2D eigenvalue weighted by atomic mass is 9.98. The molecule has 0 N–H and O–H groups in total. The standard InChI is InChI=1S/C22H14BrNO4/c23-14-8-9-17-16(11-14)20(25)18-19(13-5-2-1-3-6-13)24(22(26)21(18)28-17)12-15-7-4-10-27-15/h1-11,19H,12H2. The minimum atomic E-state index is -0.534. The van der Waals surface area contributed by atoms with Gasteiger partial charge in [-0.05, 0) is 35.9 Å². The van der Waals surface area contributed by atoms with Gasteiger partial charge in [0.25, 0.3) is 5.91 Å². The average molecular weight is 436 g/mol.